The summed E-state index contributed by atoms with van der Waals surface area (Å²) in [5, 5.41) is 13.9. The molecule has 1 aliphatic carbocycles. The Bertz CT molecular complexity index is 1390. The quantitative estimate of drug-likeness (QED) is 0.360. The minimum Gasteiger partial charge on any atom is -0.465 e. The number of alkyl halides is 3. The fraction of sp³-hybridized carbons (Fsp3) is 0.542. The first-order valence-corrected chi connectivity index (χ1v) is 13.9. The molecule has 0 unspecified atom stereocenters. The van der Waals surface area contributed by atoms with Crippen molar-refractivity contribution in [1.29, 1.82) is 0 Å². The molecule has 1 aliphatic rings. The van der Waals surface area contributed by atoms with Gasteiger partial charge in [-0.3, -0.25) is 4.98 Å². The number of pyridine rings is 1. The van der Waals surface area contributed by atoms with Gasteiger partial charge in [-0.15, -0.1) is 0 Å². The fourth-order valence-corrected chi connectivity index (χ4v) is 4.84. The molecule has 1 fully saturated rings. The van der Waals surface area contributed by atoms with Crippen LogP contribution in [0.4, 0.5) is 18.0 Å². The van der Waals surface area contributed by atoms with Crippen LogP contribution in [-0.2, 0) is 16.6 Å². The molecule has 2 heterocycles. The fourth-order valence-electron chi connectivity index (χ4n) is 4.45. The molecular formula is C24H33F3N6O4S. The van der Waals surface area contributed by atoms with Gasteiger partial charge in [0.15, 0.2) is 0 Å². The zero-order valence-electron chi connectivity index (χ0n) is 21.6. The molecule has 0 spiro atoms. The molecule has 0 bridgehead atoms. The highest BCUT2D eigenvalue weighted by Gasteiger charge is 2.33. The molecule has 14 heteroatoms. The summed E-state index contributed by atoms with van der Waals surface area (Å²) in [4.78, 5) is 18.9. The SMILES string of the molecule is CC(C)(C)NC(=O)O.CS(=O)(=O)NCc1nc2cnc3ccccc3c2n1[C@H]1CC[C@@H](NCC(F)(F)F)C1. The molecule has 0 saturated heterocycles. The Kier molecular flexibility index (Phi) is 8.89. The number of imidazole rings is 1. The lowest BCUT2D eigenvalue weighted by atomic mass is 10.1. The molecule has 1 amide bonds. The zero-order valence-corrected chi connectivity index (χ0v) is 22.4. The van der Waals surface area contributed by atoms with Gasteiger partial charge in [0, 0.05) is 23.0 Å². The Morgan fingerprint density at radius 1 is 1.16 bits per heavy atom. The number of aromatic nitrogens is 3. The number of nitrogens with zero attached hydrogens (tertiary/aromatic N) is 3. The summed E-state index contributed by atoms with van der Waals surface area (Å²) in [7, 11) is -3.43. The monoisotopic (exact) mass is 558 g/mol. The first-order chi connectivity index (χ1) is 17.5. The third kappa shape index (κ3) is 8.53. The predicted molar refractivity (Wildman–Crippen MR) is 138 cm³/mol. The summed E-state index contributed by atoms with van der Waals surface area (Å²) in [6, 6.07) is 7.20. The lowest BCUT2D eigenvalue weighted by molar-refractivity contribution is -0.126. The lowest BCUT2D eigenvalue weighted by Gasteiger charge is -2.19. The summed E-state index contributed by atoms with van der Waals surface area (Å²) >= 11 is 0. The number of amides is 1. The number of hydrogen-bond acceptors (Lipinski definition) is 6. The van der Waals surface area contributed by atoms with Gasteiger partial charge in [0.25, 0.3) is 0 Å². The molecule has 0 aliphatic heterocycles. The lowest BCUT2D eigenvalue weighted by Crippen LogP contribution is -2.39. The van der Waals surface area contributed by atoms with Crippen LogP contribution in [0.25, 0.3) is 21.9 Å². The maximum Gasteiger partial charge on any atom is 0.405 e. The smallest absolute Gasteiger partial charge is 0.405 e. The van der Waals surface area contributed by atoms with Crippen LogP contribution in [0.3, 0.4) is 0 Å². The van der Waals surface area contributed by atoms with Crippen LogP contribution in [0, 0.1) is 0 Å². The third-order valence-corrected chi connectivity index (χ3v) is 6.50. The number of benzene rings is 1. The molecule has 4 N–H and O–H groups in total. The van der Waals surface area contributed by atoms with E-state index in [1.165, 1.54) is 0 Å². The van der Waals surface area contributed by atoms with E-state index in [-0.39, 0.29) is 24.2 Å². The van der Waals surface area contributed by atoms with Gasteiger partial charge in [-0.1, -0.05) is 18.2 Å². The van der Waals surface area contributed by atoms with Crippen molar-refractivity contribution in [3.63, 3.8) is 0 Å². The molecule has 1 saturated carbocycles. The maximum absolute atomic E-state index is 12.6. The second kappa shape index (κ2) is 11.4. The highest BCUT2D eigenvalue weighted by molar-refractivity contribution is 7.88. The first kappa shape index (κ1) is 29.6. The van der Waals surface area contributed by atoms with Crippen molar-refractivity contribution in [3.8, 4) is 0 Å². The predicted octanol–water partition coefficient (Wildman–Crippen LogP) is 3.93. The van der Waals surface area contributed by atoms with Crippen molar-refractivity contribution in [2.75, 3.05) is 12.8 Å². The number of nitrogens with one attached hydrogen (secondary N) is 3. The van der Waals surface area contributed by atoms with Gasteiger partial charge in [-0.2, -0.15) is 13.2 Å². The Labute approximate surface area is 219 Å². The van der Waals surface area contributed by atoms with Crippen LogP contribution in [0.1, 0.15) is 51.9 Å². The second-order valence-electron chi connectivity index (χ2n) is 10.3. The van der Waals surface area contributed by atoms with Crippen LogP contribution in [0.2, 0.25) is 0 Å². The molecule has 2 aromatic heterocycles. The summed E-state index contributed by atoms with van der Waals surface area (Å²) < 4.78 is 65.5. The van der Waals surface area contributed by atoms with Crippen molar-refractivity contribution < 1.29 is 31.5 Å². The van der Waals surface area contributed by atoms with E-state index in [4.69, 9.17) is 5.11 Å². The Balaban J connectivity index is 0.000000436. The normalized spacial score (nSPS) is 18.4. The number of para-hydroxylation sites is 1. The number of carboxylic acid groups (broad SMARTS) is 1. The average Bonchev–Trinajstić information content (AvgIpc) is 3.38. The molecule has 38 heavy (non-hydrogen) atoms. The topological polar surface area (TPSA) is 138 Å². The van der Waals surface area contributed by atoms with Gasteiger partial charge in [0.2, 0.25) is 10.0 Å². The molecule has 1 aromatic carbocycles. The van der Waals surface area contributed by atoms with Crippen LogP contribution in [0.15, 0.2) is 30.5 Å². The highest BCUT2D eigenvalue weighted by atomic mass is 32.2. The van der Waals surface area contributed by atoms with Gasteiger partial charge in [-0.05, 0) is 46.1 Å². The van der Waals surface area contributed by atoms with E-state index in [9.17, 15) is 26.4 Å². The number of halogens is 3. The third-order valence-electron chi connectivity index (χ3n) is 5.83. The van der Waals surface area contributed by atoms with Crippen LogP contribution < -0.4 is 15.4 Å². The number of sulfonamides is 1. The van der Waals surface area contributed by atoms with Crippen LogP contribution in [0.5, 0.6) is 0 Å². The zero-order chi connectivity index (χ0) is 28.3. The Morgan fingerprint density at radius 2 is 1.84 bits per heavy atom. The summed E-state index contributed by atoms with van der Waals surface area (Å²) in [5.41, 5.74) is 1.91. The van der Waals surface area contributed by atoms with Crippen LogP contribution >= 0.6 is 0 Å². The molecule has 3 aromatic rings. The van der Waals surface area contributed by atoms with Crippen molar-refractivity contribution in [3.05, 3.63) is 36.3 Å². The molecule has 10 nitrogen and oxygen atoms in total. The van der Waals surface area contributed by atoms with Crippen LogP contribution in [-0.4, -0.2) is 64.7 Å². The van der Waals surface area contributed by atoms with E-state index in [2.05, 4.69) is 25.3 Å². The Morgan fingerprint density at radius 3 is 2.42 bits per heavy atom. The van der Waals surface area contributed by atoms with E-state index < -0.39 is 28.8 Å². The minimum absolute atomic E-state index is 0.00101. The summed E-state index contributed by atoms with van der Waals surface area (Å²) in [6.07, 6.45) is -0.740. The van der Waals surface area contributed by atoms with E-state index in [1.807, 2.05) is 28.8 Å². The van der Waals surface area contributed by atoms with Crippen molar-refractivity contribution in [1.82, 2.24) is 29.9 Å². The summed E-state index contributed by atoms with van der Waals surface area (Å²) in [5.74, 6) is 0.523. The highest BCUT2D eigenvalue weighted by Crippen LogP contribution is 2.36. The first-order valence-electron chi connectivity index (χ1n) is 12.0. The molecule has 4 rings (SSSR count). The van der Waals surface area contributed by atoms with Crippen molar-refractivity contribution in [2.45, 2.75) is 70.4 Å². The van der Waals surface area contributed by atoms with Crippen molar-refractivity contribution in [2.24, 2.45) is 0 Å². The van der Waals surface area contributed by atoms with Gasteiger partial charge in [0.05, 0.1) is 36.6 Å². The standard InChI is InChI=1S/C19H22F3N5O2S.C5H11NO2/c1-30(28,29)25-10-17-26-16-9-23-15-5-3-2-4-14(15)18(16)27(17)13-7-6-12(8-13)24-11-19(20,21)22;1-5(2,3)6-4(7)8/h2-5,9,12-13,24-25H,6-8,10-11H2,1H3;6H,1-3H3,(H,7,8)/t12-,13+;/m1./s1. The van der Waals surface area contributed by atoms with E-state index >= 15 is 0 Å². The molecule has 2 atom stereocenters. The number of hydrogen-bond donors (Lipinski definition) is 4. The number of fused-ring (bicyclic) bond motifs is 3. The van der Waals surface area contributed by atoms with Gasteiger partial charge < -0.3 is 20.3 Å². The minimum atomic E-state index is -4.26. The van der Waals surface area contributed by atoms with E-state index in [0.717, 1.165) is 22.7 Å². The number of carbonyl (C=O) groups is 1. The van der Waals surface area contributed by atoms with Gasteiger partial charge in [0.1, 0.15) is 11.3 Å². The van der Waals surface area contributed by atoms with E-state index in [1.54, 1.807) is 27.0 Å². The molecule has 0 radical (unpaired) electrons. The van der Waals surface area contributed by atoms with Crippen molar-refractivity contribution >= 4 is 38.1 Å². The second-order valence-corrected chi connectivity index (χ2v) is 12.2. The molecule has 210 valence electrons. The largest absolute Gasteiger partial charge is 0.465 e. The van der Waals surface area contributed by atoms with Gasteiger partial charge >= 0.3 is 12.3 Å². The molecular weight excluding hydrogens is 525 g/mol. The maximum atomic E-state index is 12.6. The Hall–Kier alpha value is -2.97. The summed E-state index contributed by atoms with van der Waals surface area (Å²) in [6.45, 7) is 4.35. The number of rotatable bonds is 6. The van der Waals surface area contributed by atoms with Gasteiger partial charge in [-0.25, -0.2) is 22.9 Å². The van der Waals surface area contributed by atoms with E-state index in [0.29, 0.717) is 30.6 Å². The average molecular weight is 559 g/mol.